The van der Waals surface area contributed by atoms with Gasteiger partial charge in [-0.05, 0) is 133 Å². The highest BCUT2D eigenvalue weighted by Crippen LogP contribution is 2.54. The largest absolute Gasteiger partial charge is 0.309 e. The summed E-state index contributed by atoms with van der Waals surface area (Å²) in [6, 6.07) is 42.5. The van der Waals surface area contributed by atoms with Crippen molar-refractivity contribution in [2.75, 3.05) is 0 Å². The molecule has 7 aromatic rings. The van der Waals surface area contributed by atoms with Crippen molar-refractivity contribution in [2.24, 2.45) is 0 Å². The number of fused-ring (bicyclic) bond motifs is 9. The molecule has 0 spiro atoms. The summed E-state index contributed by atoms with van der Waals surface area (Å²) in [4.78, 5) is 0. The number of hydrogen-bond donors (Lipinski definition) is 0. The highest BCUT2D eigenvalue weighted by Gasteiger charge is 2.38. The van der Waals surface area contributed by atoms with Gasteiger partial charge < -0.3 is 4.57 Å². The van der Waals surface area contributed by atoms with Gasteiger partial charge in [-0.15, -0.1) is 0 Å². The lowest BCUT2D eigenvalue weighted by Gasteiger charge is -2.23. The van der Waals surface area contributed by atoms with Crippen LogP contribution in [-0.4, -0.2) is 4.57 Å². The van der Waals surface area contributed by atoms with Crippen LogP contribution < -0.4 is 0 Å². The standard InChI is InChI=1S/C46H41N/c1-27-7-13-31(14-8-27)34-19-15-32-23-42-38(24-36(32)37-21-29(3)11-18-35(34)37)39-25-41-40-22-30(4)12-20-44(40)47(33-16-9-28(2)10-17-33)45(41)26-43(39)46(42,5)6/h7-14,16-18,20-26,34H,15,19H2,1-6H3. The maximum Gasteiger partial charge on any atom is 0.0544 e. The zero-order chi connectivity index (χ0) is 32.2. The van der Waals surface area contributed by atoms with E-state index in [0.717, 1.165) is 12.8 Å². The molecule has 1 unspecified atom stereocenters. The first-order valence-corrected chi connectivity index (χ1v) is 17.2. The molecule has 2 aliphatic rings. The second kappa shape index (κ2) is 10.1. The molecule has 0 aliphatic heterocycles. The second-order valence-electron chi connectivity index (χ2n) is 14.9. The molecule has 1 atom stereocenters. The molecule has 0 saturated carbocycles. The van der Waals surface area contributed by atoms with E-state index < -0.39 is 0 Å². The lowest BCUT2D eigenvalue weighted by molar-refractivity contribution is 0.658. The summed E-state index contributed by atoms with van der Waals surface area (Å²) in [5.41, 5.74) is 21.8. The van der Waals surface area contributed by atoms with Crippen LogP contribution in [0.25, 0.3) is 49.7 Å². The minimum atomic E-state index is -0.101. The van der Waals surface area contributed by atoms with E-state index in [1.54, 1.807) is 0 Å². The first-order chi connectivity index (χ1) is 22.7. The van der Waals surface area contributed by atoms with Gasteiger partial charge in [-0.3, -0.25) is 0 Å². The summed E-state index contributed by atoms with van der Waals surface area (Å²) in [6.07, 6.45) is 2.19. The molecule has 1 aromatic heterocycles. The maximum absolute atomic E-state index is 2.58. The van der Waals surface area contributed by atoms with Gasteiger partial charge in [0.25, 0.3) is 0 Å². The highest BCUT2D eigenvalue weighted by molar-refractivity contribution is 6.12. The van der Waals surface area contributed by atoms with E-state index in [1.165, 1.54) is 99.8 Å². The molecule has 0 saturated heterocycles. The molecule has 230 valence electrons. The molecule has 0 fully saturated rings. The Bertz CT molecular complexity index is 2400. The third-order valence-electron chi connectivity index (χ3n) is 11.3. The van der Waals surface area contributed by atoms with Gasteiger partial charge in [-0.1, -0.05) is 103 Å². The molecule has 47 heavy (non-hydrogen) atoms. The van der Waals surface area contributed by atoms with E-state index in [4.69, 9.17) is 0 Å². The Kier molecular flexibility index (Phi) is 6.07. The number of nitrogens with zero attached hydrogens (tertiary/aromatic N) is 1. The van der Waals surface area contributed by atoms with E-state index in [0.29, 0.717) is 5.92 Å². The zero-order valence-electron chi connectivity index (χ0n) is 28.3. The summed E-state index contributed by atoms with van der Waals surface area (Å²) in [6.45, 7) is 13.7. The molecule has 0 amide bonds. The molecule has 1 heteroatoms. The van der Waals surface area contributed by atoms with Gasteiger partial charge >= 0.3 is 0 Å². The maximum atomic E-state index is 2.58. The van der Waals surface area contributed by atoms with Crippen molar-refractivity contribution < 1.29 is 0 Å². The number of benzene rings is 6. The van der Waals surface area contributed by atoms with E-state index in [-0.39, 0.29) is 5.41 Å². The van der Waals surface area contributed by atoms with Crippen molar-refractivity contribution in [1.29, 1.82) is 0 Å². The topological polar surface area (TPSA) is 4.93 Å². The molecule has 1 heterocycles. The fraction of sp³-hybridized carbons (Fsp3) is 0.217. The smallest absolute Gasteiger partial charge is 0.0544 e. The quantitative estimate of drug-likeness (QED) is 0.184. The van der Waals surface area contributed by atoms with Gasteiger partial charge in [-0.25, -0.2) is 0 Å². The first kappa shape index (κ1) is 28.4. The summed E-state index contributed by atoms with van der Waals surface area (Å²) < 4.78 is 2.47. The van der Waals surface area contributed by atoms with Crippen molar-refractivity contribution in [3.05, 3.63) is 159 Å². The van der Waals surface area contributed by atoms with Crippen LogP contribution in [0.15, 0.2) is 109 Å². The lowest BCUT2D eigenvalue weighted by Crippen LogP contribution is -2.15. The van der Waals surface area contributed by atoms with Crippen molar-refractivity contribution in [1.82, 2.24) is 4.57 Å². The fourth-order valence-corrected chi connectivity index (χ4v) is 8.69. The van der Waals surface area contributed by atoms with Crippen LogP contribution in [-0.2, 0) is 11.8 Å². The molecule has 0 bridgehead atoms. The van der Waals surface area contributed by atoms with Gasteiger partial charge in [0.1, 0.15) is 0 Å². The first-order valence-electron chi connectivity index (χ1n) is 17.2. The van der Waals surface area contributed by atoms with Crippen LogP contribution in [0.5, 0.6) is 0 Å². The van der Waals surface area contributed by atoms with Crippen molar-refractivity contribution in [2.45, 2.75) is 65.7 Å². The van der Waals surface area contributed by atoms with E-state index in [9.17, 15) is 0 Å². The van der Waals surface area contributed by atoms with E-state index >= 15 is 0 Å². The third-order valence-corrected chi connectivity index (χ3v) is 11.3. The molecule has 1 nitrogen and oxygen atoms in total. The number of aryl methyl sites for hydroxylation is 5. The zero-order valence-corrected chi connectivity index (χ0v) is 28.3. The van der Waals surface area contributed by atoms with Gasteiger partial charge in [-0.2, -0.15) is 0 Å². The van der Waals surface area contributed by atoms with Crippen LogP contribution in [0.3, 0.4) is 0 Å². The van der Waals surface area contributed by atoms with Gasteiger partial charge in [0.05, 0.1) is 11.0 Å². The Morgan fingerprint density at radius 3 is 1.91 bits per heavy atom. The van der Waals surface area contributed by atoms with Crippen LogP contribution in [0, 0.1) is 27.7 Å². The van der Waals surface area contributed by atoms with E-state index in [2.05, 4.69) is 155 Å². The van der Waals surface area contributed by atoms with Crippen LogP contribution in [0.2, 0.25) is 0 Å². The molecule has 2 aliphatic carbocycles. The summed E-state index contributed by atoms with van der Waals surface area (Å²) in [5.74, 6) is 0.393. The third kappa shape index (κ3) is 4.22. The van der Waals surface area contributed by atoms with E-state index in [1.807, 2.05) is 0 Å². The number of rotatable bonds is 2. The Balaban J connectivity index is 1.29. The van der Waals surface area contributed by atoms with Crippen molar-refractivity contribution >= 4 is 21.8 Å². The molecular weight excluding hydrogens is 567 g/mol. The monoisotopic (exact) mass is 607 g/mol. The summed E-state index contributed by atoms with van der Waals surface area (Å²) >= 11 is 0. The minimum Gasteiger partial charge on any atom is -0.309 e. The van der Waals surface area contributed by atoms with Gasteiger partial charge in [0.2, 0.25) is 0 Å². The average Bonchev–Trinajstić information content (AvgIpc) is 3.41. The molecular formula is C46H41N. The van der Waals surface area contributed by atoms with Crippen LogP contribution in [0.1, 0.15) is 76.3 Å². The average molecular weight is 608 g/mol. The van der Waals surface area contributed by atoms with Crippen LogP contribution in [0.4, 0.5) is 0 Å². The Labute approximate surface area is 278 Å². The molecule has 9 rings (SSSR count). The van der Waals surface area contributed by atoms with Gasteiger partial charge in [0, 0.05) is 27.8 Å². The summed E-state index contributed by atoms with van der Waals surface area (Å²) in [7, 11) is 0. The van der Waals surface area contributed by atoms with Crippen LogP contribution >= 0.6 is 0 Å². The molecule has 0 radical (unpaired) electrons. The molecule has 6 aromatic carbocycles. The van der Waals surface area contributed by atoms with Crippen molar-refractivity contribution in [3.8, 4) is 27.9 Å². The van der Waals surface area contributed by atoms with Gasteiger partial charge in [0.15, 0.2) is 0 Å². The normalized spacial score (nSPS) is 16.1. The Hall–Kier alpha value is -4.88. The fourth-order valence-electron chi connectivity index (χ4n) is 8.69. The SMILES string of the molecule is Cc1ccc(C2CCc3cc4c(cc3-c3cc(C)ccc32)-c2cc3c5cc(C)ccc5n(-c5ccc(C)cc5)c3cc2C4(C)C)cc1. The predicted molar refractivity (Wildman–Crippen MR) is 199 cm³/mol. The lowest BCUT2D eigenvalue weighted by atomic mass is 9.80. The summed E-state index contributed by atoms with van der Waals surface area (Å²) in [5, 5.41) is 2.66. The Morgan fingerprint density at radius 1 is 0.532 bits per heavy atom. The van der Waals surface area contributed by atoms with Crippen molar-refractivity contribution in [3.63, 3.8) is 0 Å². The predicted octanol–water partition coefficient (Wildman–Crippen LogP) is 12.1. The Morgan fingerprint density at radius 2 is 1.15 bits per heavy atom. The minimum absolute atomic E-state index is 0.101. The highest BCUT2D eigenvalue weighted by atomic mass is 15.0. The molecule has 0 N–H and O–H groups in total. The number of hydrogen-bond acceptors (Lipinski definition) is 0. The second-order valence-corrected chi connectivity index (χ2v) is 14.9. The number of aromatic nitrogens is 1.